The molecule has 2 aromatic heterocycles. The van der Waals surface area contributed by atoms with E-state index in [1.165, 1.54) is 30.7 Å². The number of para-hydroxylation sites is 1. The third-order valence-electron chi connectivity index (χ3n) is 7.99. The Kier molecular flexibility index (Phi) is 7.48. The highest BCUT2D eigenvalue weighted by Crippen LogP contribution is 2.47. The molecule has 228 valence electrons. The topological polar surface area (TPSA) is 117 Å². The van der Waals surface area contributed by atoms with Crippen LogP contribution in [0.1, 0.15) is 43.5 Å². The van der Waals surface area contributed by atoms with Crippen LogP contribution in [0.5, 0.6) is 17.2 Å². The minimum Gasteiger partial charge on any atom is -0.490 e. The highest BCUT2D eigenvalue weighted by molar-refractivity contribution is 7.84. The number of nitrogens with zero attached hydrogens (tertiary/aromatic N) is 1. The Hall–Kier alpha value is -4.58. The Morgan fingerprint density at radius 1 is 1.20 bits per heavy atom. The molecule has 5 aromatic rings. The lowest BCUT2D eigenvalue weighted by Crippen LogP contribution is -2.36. The molecule has 1 unspecified atom stereocenters. The first-order valence-corrected chi connectivity index (χ1v) is 15.4. The van der Waals surface area contributed by atoms with Gasteiger partial charge in [0.15, 0.2) is 11.6 Å². The standard InChI is InChI=1S/C32H28F3N3O5S/c1-16-14-32(2,21-6-4-5-17(28(21)42-16)7-10-24(39)40)23-15-37-31(38-23)20-13-18(8-9-22(20)33)43-29-26(35)25(34)27-19(11-12-36-27)30(29)44(3)41/h4-6,8-9,11-13,15-16,36H,7,10,14H2,1-3H3,(H,37,38)(H,39,40)/t16-,32-,44?/m1/s1. The summed E-state index contributed by atoms with van der Waals surface area (Å²) in [5, 5.41) is 9.41. The zero-order valence-corrected chi connectivity index (χ0v) is 24.8. The van der Waals surface area contributed by atoms with Gasteiger partial charge in [0.05, 0.1) is 32.9 Å². The summed E-state index contributed by atoms with van der Waals surface area (Å²) >= 11 is 0. The lowest BCUT2D eigenvalue weighted by Gasteiger charge is -2.39. The van der Waals surface area contributed by atoms with E-state index in [0.29, 0.717) is 24.3 Å². The predicted molar refractivity (Wildman–Crippen MR) is 158 cm³/mol. The van der Waals surface area contributed by atoms with Crippen molar-refractivity contribution in [3.8, 4) is 28.6 Å². The van der Waals surface area contributed by atoms with Gasteiger partial charge in [-0.2, -0.15) is 4.39 Å². The van der Waals surface area contributed by atoms with Gasteiger partial charge in [-0.3, -0.25) is 9.00 Å². The average Bonchev–Trinajstić information content (AvgIpc) is 3.66. The fraction of sp³-hybridized carbons (Fsp3) is 0.250. The fourth-order valence-electron chi connectivity index (χ4n) is 5.93. The molecule has 0 radical (unpaired) electrons. The predicted octanol–water partition coefficient (Wildman–Crippen LogP) is 7.00. The fourth-order valence-corrected chi connectivity index (χ4v) is 6.81. The summed E-state index contributed by atoms with van der Waals surface area (Å²) in [4.78, 5) is 21.5. The van der Waals surface area contributed by atoms with Crippen molar-refractivity contribution in [3.05, 3.63) is 89.1 Å². The van der Waals surface area contributed by atoms with E-state index >= 15 is 8.78 Å². The second kappa shape index (κ2) is 11.2. The molecule has 1 aliphatic rings. The maximum atomic E-state index is 15.2. The van der Waals surface area contributed by atoms with Crippen LogP contribution in [0.3, 0.4) is 0 Å². The number of aliphatic carboxylic acids is 1. The summed E-state index contributed by atoms with van der Waals surface area (Å²) in [6, 6.07) is 10.8. The van der Waals surface area contributed by atoms with Crippen LogP contribution in [-0.4, -0.2) is 42.6 Å². The molecule has 3 heterocycles. The second-order valence-electron chi connectivity index (χ2n) is 11.0. The summed E-state index contributed by atoms with van der Waals surface area (Å²) in [5.41, 5.74) is 1.58. The van der Waals surface area contributed by atoms with Crippen LogP contribution in [0, 0.1) is 17.5 Å². The molecule has 44 heavy (non-hydrogen) atoms. The molecule has 12 heteroatoms. The first-order chi connectivity index (χ1) is 21.0. The van der Waals surface area contributed by atoms with Gasteiger partial charge >= 0.3 is 5.97 Å². The molecular formula is C32H28F3N3O5S. The number of halogens is 3. The molecule has 0 fully saturated rings. The quantitative estimate of drug-likeness (QED) is 0.171. The molecule has 3 atom stereocenters. The van der Waals surface area contributed by atoms with Gasteiger partial charge < -0.3 is 24.5 Å². The first-order valence-electron chi connectivity index (χ1n) is 13.8. The van der Waals surface area contributed by atoms with E-state index in [9.17, 15) is 18.5 Å². The molecule has 0 saturated carbocycles. The second-order valence-corrected chi connectivity index (χ2v) is 12.4. The molecule has 0 spiro atoms. The Bertz CT molecular complexity index is 1960. The van der Waals surface area contributed by atoms with Gasteiger partial charge in [-0.25, -0.2) is 13.8 Å². The van der Waals surface area contributed by atoms with E-state index in [1.54, 1.807) is 6.20 Å². The first kappa shape index (κ1) is 29.5. The molecule has 0 bridgehead atoms. The number of ether oxygens (including phenoxy) is 2. The van der Waals surface area contributed by atoms with Crippen molar-refractivity contribution in [1.29, 1.82) is 0 Å². The van der Waals surface area contributed by atoms with Crippen LogP contribution in [0.4, 0.5) is 13.2 Å². The maximum absolute atomic E-state index is 15.2. The Labute approximate surface area is 252 Å². The Balaban J connectivity index is 1.38. The van der Waals surface area contributed by atoms with Crippen LogP contribution in [-0.2, 0) is 27.4 Å². The van der Waals surface area contributed by atoms with Gasteiger partial charge in [0.1, 0.15) is 23.1 Å². The third-order valence-corrected chi connectivity index (χ3v) is 8.97. The van der Waals surface area contributed by atoms with Crippen molar-refractivity contribution in [1.82, 2.24) is 15.0 Å². The average molecular weight is 624 g/mol. The molecular weight excluding hydrogens is 595 g/mol. The molecule has 8 nitrogen and oxygen atoms in total. The van der Waals surface area contributed by atoms with Crippen LogP contribution in [0.15, 0.2) is 59.8 Å². The van der Waals surface area contributed by atoms with Crippen molar-refractivity contribution in [2.75, 3.05) is 6.26 Å². The minimum absolute atomic E-state index is 0.0152. The molecule has 3 aromatic carbocycles. The lowest BCUT2D eigenvalue weighted by atomic mass is 9.73. The summed E-state index contributed by atoms with van der Waals surface area (Å²) in [5.74, 6) is -3.79. The number of hydrogen-bond acceptors (Lipinski definition) is 5. The van der Waals surface area contributed by atoms with Crippen molar-refractivity contribution in [2.24, 2.45) is 0 Å². The number of aromatic nitrogens is 3. The highest BCUT2D eigenvalue weighted by atomic mass is 32.2. The van der Waals surface area contributed by atoms with Crippen LogP contribution >= 0.6 is 0 Å². The molecule has 1 aliphatic heterocycles. The zero-order valence-electron chi connectivity index (χ0n) is 24.0. The van der Waals surface area contributed by atoms with Gasteiger partial charge in [-0.15, -0.1) is 0 Å². The number of carbonyl (C=O) groups is 1. The van der Waals surface area contributed by atoms with Crippen molar-refractivity contribution in [3.63, 3.8) is 0 Å². The molecule has 0 aliphatic carbocycles. The van der Waals surface area contributed by atoms with E-state index in [2.05, 4.69) is 15.0 Å². The summed E-state index contributed by atoms with van der Waals surface area (Å²) in [6.45, 7) is 3.94. The van der Waals surface area contributed by atoms with E-state index in [1.807, 2.05) is 32.0 Å². The smallest absolute Gasteiger partial charge is 0.303 e. The van der Waals surface area contributed by atoms with E-state index in [-0.39, 0.29) is 45.5 Å². The summed E-state index contributed by atoms with van der Waals surface area (Å²) < 4.78 is 69.6. The number of nitrogens with one attached hydrogen (secondary N) is 2. The number of aryl methyl sites for hydroxylation is 1. The number of carboxylic acid groups (broad SMARTS) is 1. The van der Waals surface area contributed by atoms with Crippen molar-refractivity contribution in [2.45, 2.75) is 49.5 Å². The highest BCUT2D eigenvalue weighted by Gasteiger charge is 2.40. The lowest BCUT2D eigenvalue weighted by molar-refractivity contribution is -0.136. The number of H-pyrrole nitrogens is 2. The van der Waals surface area contributed by atoms with Gasteiger partial charge in [-0.1, -0.05) is 18.2 Å². The number of hydrogen-bond donors (Lipinski definition) is 3. The summed E-state index contributed by atoms with van der Waals surface area (Å²) in [6.07, 6.45) is 4.99. The van der Waals surface area contributed by atoms with Gasteiger partial charge in [0.2, 0.25) is 5.82 Å². The van der Waals surface area contributed by atoms with Gasteiger partial charge in [0.25, 0.3) is 0 Å². The molecule has 0 amide bonds. The molecule has 0 saturated heterocycles. The maximum Gasteiger partial charge on any atom is 0.303 e. The van der Waals surface area contributed by atoms with Crippen LogP contribution in [0.25, 0.3) is 22.3 Å². The third kappa shape index (κ3) is 5.02. The number of rotatable bonds is 8. The number of imidazole rings is 1. The van der Waals surface area contributed by atoms with Crippen LogP contribution < -0.4 is 9.47 Å². The number of fused-ring (bicyclic) bond motifs is 2. The molecule has 6 rings (SSSR count). The van der Waals surface area contributed by atoms with E-state index in [4.69, 9.17) is 9.47 Å². The Morgan fingerprint density at radius 3 is 2.75 bits per heavy atom. The van der Waals surface area contributed by atoms with E-state index < -0.39 is 45.4 Å². The van der Waals surface area contributed by atoms with Gasteiger partial charge in [-0.05, 0) is 56.5 Å². The SMILES string of the molecule is C[C@@H]1C[C@@](C)(c2cnc(-c3cc(Oc4c(F)c(F)c5[nH]ccc5c4S(C)=O)ccc3F)[nH]2)c2cccc(CCC(=O)O)c2O1. The van der Waals surface area contributed by atoms with E-state index in [0.717, 1.165) is 17.2 Å². The van der Waals surface area contributed by atoms with Gasteiger partial charge in [0, 0.05) is 47.1 Å². The monoisotopic (exact) mass is 623 g/mol. The van der Waals surface area contributed by atoms with Crippen molar-refractivity contribution >= 4 is 27.7 Å². The van der Waals surface area contributed by atoms with Crippen molar-refractivity contribution < 1.29 is 36.8 Å². The van der Waals surface area contributed by atoms with Crippen LogP contribution in [0.2, 0.25) is 0 Å². The Morgan fingerprint density at radius 2 is 2.00 bits per heavy atom. The minimum atomic E-state index is -1.75. The summed E-state index contributed by atoms with van der Waals surface area (Å²) in [7, 11) is -1.75. The molecule has 3 N–H and O–H groups in total. The largest absolute Gasteiger partial charge is 0.490 e. The number of aromatic amines is 2. The number of carboxylic acids is 1. The normalized spacial score (nSPS) is 18.5. The zero-order chi connectivity index (χ0) is 31.3. The number of benzene rings is 3.